The van der Waals surface area contributed by atoms with E-state index in [1.54, 1.807) is 0 Å². The minimum atomic E-state index is 0.760. The van der Waals surface area contributed by atoms with E-state index in [4.69, 9.17) is 0 Å². The zero-order chi connectivity index (χ0) is 11.1. The van der Waals surface area contributed by atoms with Gasteiger partial charge in [0.25, 0.3) is 0 Å². The summed E-state index contributed by atoms with van der Waals surface area (Å²) in [5.41, 5.74) is 0. The van der Waals surface area contributed by atoms with Gasteiger partial charge in [0.1, 0.15) is 0 Å². The molecule has 0 radical (unpaired) electrons. The standard InChI is InChI=1S/C11H23N.C2H6/c1-5-12(8-11-6-7-11)10(4)9(2)3;1-2/h9-11H,5-8H2,1-4H3;1-2H3. The normalized spacial score (nSPS) is 18.0. The predicted octanol–water partition coefficient (Wildman–Crippen LogP) is 3.79. The van der Waals surface area contributed by atoms with Gasteiger partial charge in [-0.05, 0) is 38.1 Å². The Morgan fingerprint density at radius 2 is 1.64 bits per heavy atom. The third-order valence-corrected chi connectivity index (χ3v) is 3.14. The highest BCUT2D eigenvalue weighted by molar-refractivity contribution is 4.80. The van der Waals surface area contributed by atoms with Crippen molar-refractivity contribution in [3.05, 3.63) is 0 Å². The molecule has 1 aliphatic rings. The minimum absolute atomic E-state index is 0.760. The van der Waals surface area contributed by atoms with Crippen LogP contribution in [-0.2, 0) is 0 Å². The van der Waals surface area contributed by atoms with Gasteiger partial charge in [0, 0.05) is 12.6 Å². The zero-order valence-corrected chi connectivity index (χ0v) is 11.0. The molecule has 0 amide bonds. The van der Waals surface area contributed by atoms with E-state index in [-0.39, 0.29) is 0 Å². The van der Waals surface area contributed by atoms with E-state index < -0.39 is 0 Å². The Balaban J connectivity index is 0.000000791. The molecular formula is C13H29N. The summed E-state index contributed by atoms with van der Waals surface area (Å²) >= 11 is 0. The molecule has 0 aromatic rings. The van der Waals surface area contributed by atoms with E-state index in [0.29, 0.717) is 0 Å². The Morgan fingerprint density at radius 1 is 1.14 bits per heavy atom. The number of hydrogen-bond acceptors (Lipinski definition) is 1. The first-order chi connectivity index (χ1) is 6.65. The molecule has 1 saturated carbocycles. The maximum absolute atomic E-state index is 2.63. The second-order valence-corrected chi connectivity index (χ2v) is 4.52. The molecule has 14 heavy (non-hydrogen) atoms. The predicted molar refractivity (Wildman–Crippen MR) is 65.6 cm³/mol. The summed E-state index contributed by atoms with van der Waals surface area (Å²) in [5.74, 6) is 1.83. The molecule has 1 heteroatoms. The molecule has 0 bridgehead atoms. The zero-order valence-electron chi connectivity index (χ0n) is 11.0. The van der Waals surface area contributed by atoms with Crippen molar-refractivity contribution < 1.29 is 0 Å². The van der Waals surface area contributed by atoms with Crippen molar-refractivity contribution in [2.24, 2.45) is 11.8 Å². The van der Waals surface area contributed by atoms with Gasteiger partial charge in [0.05, 0.1) is 0 Å². The largest absolute Gasteiger partial charge is 0.300 e. The van der Waals surface area contributed by atoms with Crippen molar-refractivity contribution in [2.75, 3.05) is 13.1 Å². The van der Waals surface area contributed by atoms with E-state index in [2.05, 4.69) is 32.6 Å². The quantitative estimate of drug-likeness (QED) is 0.651. The Morgan fingerprint density at radius 3 is 1.93 bits per heavy atom. The van der Waals surface area contributed by atoms with Crippen LogP contribution < -0.4 is 0 Å². The minimum Gasteiger partial charge on any atom is -0.300 e. The molecule has 0 N–H and O–H groups in total. The summed E-state index contributed by atoms with van der Waals surface area (Å²) in [4.78, 5) is 2.63. The molecular weight excluding hydrogens is 170 g/mol. The van der Waals surface area contributed by atoms with Crippen LogP contribution in [0.15, 0.2) is 0 Å². The highest BCUT2D eigenvalue weighted by Crippen LogP contribution is 2.30. The van der Waals surface area contributed by atoms with E-state index in [1.165, 1.54) is 25.9 Å². The summed E-state index contributed by atoms with van der Waals surface area (Å²) in [6.07, 6.45) is 2.95. The van der Waals surface area contributed by atoms with Crippen molar-refractivity contribution >= 4 is 0 Å². The molecule has 1 unspecified atom stereocenters. The second kappa shape index (κ2) is 7.28. The molecule has 86 valence electrons. The van der Waals surface area contributed by atoms with Crippen molar-refractivity contribution in [1.82, 2.24) is 4.90 Å². The van der Waals surface area contributed by atoms with Crippen LogP contribution in [0.3, 0.4) is 0 Å². The van der Waals surface area contributed by atoms with Gasteiger partial charge in [0.15, 0.2) is 0 Å². The molecule has 0 aromatic carbocycles. The fourth-order valence-electron chi connectivity index (χ4n) is 1.64. The summed E-state index contributed by atoms with van der Waals surface area (Å²) in [6.45, 7) is 15.8. The third kappa shape index (κ3) is 4.99. The summed E-state index contributed by atoms with van der Waals surface area (Å²) in [7, 11) is 0. The van der Waals surface area contributed by atoms with Crippen LogP contribution in [0, 0.1) is 11.8 Å². The molecule has 0 spiro atoms. The first kappa shape index (κ1) is 14.0. The lowest BCUT2D eigenvalue weighted by Crippen LogP contribution is -2.37. The molecule has 1 nitrogen and oxygen atoms in total. The molecule has 0 heterocycles. The van der Waals surface area contributed by atoms with Gasteiger partial charge in [-0.2, -0.15) is 0 Å². The molecule has 1 atom stereocenters. The van der Waals surface area contributed by atoms with Gasteiger partial charge < -0.3 is 4.90 Å². The van der Waals surface area contributed by atoms with Crippen molar-refractivity contribution in [2.45, 2.75) is 60.4 Å². The highest BCUT2D eigenvalue weighted by atomic mass is 15.2. The molecule has 0 aromatic heterocycles. The van der Waals surface area contributed by atoms with Crippen molar-refractivity contribution in [3.63, 3.8) is 0 Å². The Hall–Kier alpha value is -0.0400. The van der Waals surface area contributed by atoms with E-state index >= 15 is 0 Å². The molecule has 1 aliphatic carbocycles. The van der Waals surface area contributed by atoms with Crippen molar-refractivity contribution in [3.8, 4) is 0 Å². The smallest absolute Gasteiger partial charge is 0.00899 e. The fourth-order valence-corrected chi connectivity index (χ4v) is 1.64. The first-order valence-electron chi connectivity index (χ1n) is 6.39. The molecule has 1 fully saturated rings. The van der Waals surface area contributed by atoms with Crippen LogP contribution in [0.25, 0.3) is 0 Å². The monoisotopic (exact) mass is 199 g/mol. The second-order valence-electron chi connectivity index (χ2n) is 4.52. The third-order valence-electron chi connectivity index (χ3n) is 3.14. The topological polar surface area (TPSA) is 3.24 Å². The van der Waals surface area contributed by atoms with Crippen LogP contribution in [0.5, 0.6) is 0 Å². The summed E-state index contributed by atoms with van der Waals surface area (Å²) < 4.78 is 0. The average Bonchev–Trinajstić information content (AvgIpc) is 3.00. The number of rotatable bonds is 5. The van der Waals surface area contributed by atoms with Gasteiger partial charge in [-0.1, -0.05) is 34.6 Å². The number of nitrogens with zero attached hydrogens (tertiary/aromatic N) is 1. The van der Waals surface area contributed by atoms with Gasteiger partial charge in [-0.25, -0.2) is 0 Å². The van der Waals surface area contributed by atoms with Crippen LogP contribution in [-0.4, -0.2) is 24.0 Å². The first-order valence-corrected chi connectivity index (χ1v) is 6.39. The van der Waals surface area contributed by atoms with Crippen LogP contribution in [0.2, 0.25) is 0 Å². The fraction of sp³-hybridized carbons (Fsp3) is 1.00. The van der Waals surface area contributed by atoms with Crippen LogP contribution in [0.4, 0.5) is 0 Å². The van der Waals surface area contributed by atoms with E-state index in [1.807, 2.05) is 13.8 Å². The van der Waals surface area contributed by atoms with Gasteiger partial charge in [-0.15, -0.1) is 0 Å². The van der Waals surface area contributed by atoms with Gasteiger partial charge in [0.2, 0.25) is 0 Å². The Kier molecular flexibility index (Phi) is 7.26. The Labute approximate surface area is 90.9 Å². The maximum atomic E-state index is 2.63. The van der Waals surface area contributed by atoms with E-state index in [0.717, 1.165) is 17.9 Å². The van der Waals surface area contributed by atoms with Crippen molar-refractivity contribution in [1.29, 1.82) is 0 Å². The number of hydrogen-bond donors (Lipinski definition) is 0. The SMILES string of the molecule is CC.CCN(CC1CC1)C(C)C(C)C. The van der Waals surface area contributed by atoms with Gasteiger partial charge in [-0.3, -0.25) is 0 Å². The van der Waals surface area contributed by atoms with Crippen LogP contribution >= 0.6 is 0 Å². The summed E-state index contributed by atoms with van der Waals surface area (Å²) in [6, 6.07) is 0.760. The lowest BCUT2D eigenvalue weighted by molar-refractivity contribution is 0.170. The van der Waals surface area contributed by atoms with Gasteiger partial charge >= 0.3 is 0 Å². The van der Waals surface area contributed by atoms with Crippen LogP contribution in [0.1, 0.15) is 54.4 Å². The summed E-state index contributed by atoms with van der Waals surface area (Å²) in [5, 5.41) is 0. The lowest BCUT2D eigenvalue weighted by Gasteiger charge is -2.30. The average molecular weight is 199 g/mol. The Bertz CT molecular complexity index is 127. The molecule has 0 aliphatic heterocycles. The van der Waals surface area contributed by atoms with E-state index in [9.17, 15) is 0 Å². The molecule has 1 rings (SSSR count). The maximum Gasteiger partial charge on any atom is 0.00899 e. The molecule has 0 saturated heterocycles. The highest BCUT2D eigenvalue weighted by Gasteiger charge is 2.26. The lowest BCUT2D eigenvalue weighted by atomic mass is 10.0.